The molecular formula is C13H18O3. The van der Waals surface area contributed by atoms with Crippen molar-refractivity contribution in [2.75, 3.05) is 7.11 Å². The number of aliphatic hydroxyl groups is 1. The Morgan fingerprint density at radius 2 is 1.94 bits per heavy atom. The summed E-state index contributed by atoms with van der Waals surface area (Å²) in [6.07, 6.45) is -0.392. The molecule has 0 spiro atoms. The maximum Gasteiger partial charge on any atom is 0.335 e. The van der Waals surface area contributed by atoms with E-state index in [0.717, 1.165) is 11.1 Å². The molecule has 0 aliphatic rings. The van der Waals surface area contributed by atoms with Crippen LogP contribution in [-0.4, -0.2) is 24.3 Å². The number of rotatable bonds is 4. The monoisotopic (exact) mass is 222 g/mol. The lowest BCUT2D eigenvalue weighted by Crippen LogP contribution is -2.28. The molecule has 1 aromatic carbocycles. The Hall–Kier alpha value is -1.35. The average molecular weight is 222 g/mol. The summed E-state index contributed by atoms with van der Waals surface area (Å²) in [7, 11) is 1.29. The first kappa shape index (κ1) is 12.7. The van der Waals surface area contributed by atoms with Crippen molar-refractivity contribution in [2.24, 2.45) is 0 Å². The number of methoxy groups -OCH3 is 1. The van der Waals surface area contributed by atoms with Gasteiger partial charge in [-0.1, -0.05) is 36.8 Å². The molecule has 0 aliphatic carbocycles. The van der Waals surface area contributed by atoms with Gasteiger partial charge < -0.3 is 9.84 Å². The van der Waals surface area contributed by atoms with Crippen molar-refractivity contribution in [2.45, 2.75) is 32.3 Å². The number of aryl methyl sites for hydroxylation is 1. The molecular weight excluding hydrogens is 204 g/mol. The third kappa shape index (κ3) is 2.83. The number of esters is 1. The molecule has 0 fully saturated rings. The minimum Gasteiger partial charge on any atom is -0.467 e. The number of carbonyl (C=O) groups is 1. The minimum absolute atomic E-state index is 0.201. The van der Waals surface area contributed by atoms with E-state index in [1.807, 2.05) is 38.1 Å². The van der Waals surface area contributed by atoms with Gasteiger partial charge in [-0.25, -0.2) is 4.79 Å². The van der Waals surface area contributed by atoms with Crippen molar-refractivity contribution in [3.63, 3.8) is 0 Å². The topological polar surface area (TPSA) is 46.5 Å². The van der Waals surface area contributed by atoms with Gasteiger partial charge in [0.25, 0.3) is 0 Å². The quantitative estimate of drug-likeness (QED) is 0.793. The summed E-state index contributed by atoms with van der Waals surface area (Å²) in [5.74, 6) is -0.777. The van der Waals surface area contributed by atoms with Crippen LogP contribution < -0.4 is 0 Å². The number of aliphatic hydroxyl groups excluding tert-OH is 1. The largest absolute Gasteiger partial charge is 0.467 e. The van der Waals surface area contributed by atoms with E-state index in [-0.39, 0.29) is 5.92 Å². The van der Waals surface area contributed by atoms with E-state index in [9.17, 15) is 9.90 Å². The van der Waals surface area contributed by atoms with Crippen molar-refractivity contribution >= 4 is 5.97 Å². The molecule has 0 bridgehead atoms. The van der Waals surface area contributed by atoms with Crippen LogP contribution in [0.15, 0.2) is 24.3 Å². The summed E-state index contributed by atoms with van der Waals surface area (Å²) in [6.45, 7) is 3.94. The predicted octanol–water partition coefficient (Wildman–Crippen LogP) is 2.02. The highest BCUT2D eigenvalue weighted by Crippen LogP contribution is 2.24. The normalized spacial score (nSPS) is 14.2. The third-order valence-electron chi connectivity index (χ3n) is 2.77. The molecule has 0 saturated carbocycles. The van der Waals surface area contributed by atoms with Crippen molar-refractivity contribution < 1.29 is 14.6 Å². The van der Waals surface area contributed by atoms with Gasteiger partial charge in [0.05, 0.1) is 7.11 Å². The lowest BCUT2D eigenvalue weighted by Gasteiger charge is -2.20. The fourth-order valence-electron chi connectivity index (χ4n) is 1.74. The molecule has 1 N–H and O–H groups in total. The second-order valence-electron chi connectivity index (χ2n) is 3.89. The molecule has 0 amide bonds. The van der Waals surface area contributed by atoms with Crippen molar-refractivity contribution in [3.05, 3.63) is 35.4 Å². The molecule has 2 unspecified atom stereocenters. The predicted molar refractivity (Wildman–Crippen MR) is 62.2 cm³/mol. The Balaban J connectivity index is 2.89. The maximum absolute atomic E-state index is 11.3. The van der Waals surface area contributed by atoms with Crippen molar-refractivity contribution in [1.29, 1.82) is 0 Å². The van der Waals surface area contributed by atoms with E-state index in [2.05, 4.69) is 4.74 Å². The van der Waals surface area contributed by atoms with Gasteiger partial charge in [0.15, 0.2) is 6.10 Å². The number of carbonyl (C=O) groups excluding carboxylic acids is 1. The fourth-order valence-corrected chi connectivity index (χ4v) is 1.74. The van der Waals surface area contributed by atoms with E-state index in [0.29, 0.717) is 6.42 Å². The van der Waals surface area contributed by atoms with Crippen LogP contribution in [0.25, 0.3) is 0 Å². The second kappa shape index (κ2) is 5.66. The second-order valence-corrected chi connectivity index (χ2v) is 3.89. The zero-order valence-electron chi connectivity index (χ0n) is 9.93. The highest BCUT2D eigenvalue weighted by molar-refractivity contribution is 5.75. The van der Waals surface area contributed by atoms with Gasteiger partial charge in [-0.15, -0.1) is 0 Å². The number of ether oxygens (including phenoxy) is 1. The van der Waals surface area contributed by atoms with Crippen molar-refractivity contribution in [1.82, 2.24) is 0 Å². The standard InChI is InChI=1S/C13H18O3/c1-4-11(12(14)13(15)16-3)10-7-5-9(2)6-8-10/h5-8,11-12,14H,4H2,1-3H3. The summed E-state index contributed by atoms with van der Waals surface area (Å²) in [5.41, 5.74) is 2.12. The smallest absolute Gasteiger partial charge is 0.335 e. The molecule has 1 aromatic rings. The van der Waals surface area contributed by atoms with Crippen LogP contribution >= 0.6 is 0 Å². The first-order chi connectivity index (χ1) is 7.60. The number of benzene rings is 1. The first-order valence-corrected chi connectivity index (χ1v) is 5.42. The Morgan fingerprint density at radius 3 is 2.38 bits per heavy atom. The molecule has 3 nitrogen and oxygen atoms in total. The summed E-state index contributed by atoms with van der Waals surface area (Å²) >= 11 is 0. The Morgan fingerprint density at radius 1 is 1.38 bits per heavy atom. The van der Waals surface area contributed by atoms with Gasteiger partial charge in [-0.3, -0.25) is 0 Å². The summed E-state index contributed by atoms with van der Waals surface area (Å²) in [4.78, 5) is 11.3. The van der Waals surface area contributed by atoms with Gasteiger partial charge in [-0.05, 0) is 18.9 Å². The van der Waals surface area contributed by atoms with Crippen LogP contribution in [0.1, 0.15) is 30.4 Å². The van der Waals surface area contributed by atoms with Crippen LogP contribution in [0.4, 0.5) is 0 Å². The van der Waals surface area contributed by atoms with E-state index < -0.39 is 12.1 Å². The summed E-state index contributed by atoms with van der Waals surface area (Å²) in [6, 6.07) is 7.83. The van der Waals surface area contributed by atoms with Crippen molar-refractivity contribution in [3.8, 4) is 0 Å². The lowest BCUT2D eigenvalue weighted by molar-refractivity contribution is -0.151. The van der Waals surface area contributed by atoms with E-state index in [1.165, 1.54) is 7.11 Å². The van der Waals surface area contributed by atoms with Crippen LogP contribution in [0, 0.1) is 6.92 Å². The van der Waals surface area contributed by atoms with Crippen LogP contribution in [-0.2, 0) is 9.53 Å². The minimum atomic E-state index is -1.09. The lowest BCUT2D eigenvalue weighted by atomic mass is 9.90. The SMILES string of the molecule is CCC(c1ccc(C)cc1)C(O)C(=O)OC. The Kier molecular flexibility index (Phi) is 4.50. The first-order valence-electron chi connectivity index (χ1n) is 5.42. The van der Waals surface area contributed by atoms with Crippen LogP contribution in [0.2, 0.25) is 0 Å². The Bertz CT molecular complexity index is 343. The molecule has 0 saturated heterocycles. The maximum atomic E-state index is 11.3. The fraction of sp³-hybridized carbons (Fsp3) is 0.462. The molecule has 3 heteroatoms. The van der Waals surface area contributed by atoms with Crippen LogP contribution in [0.3, 0.4) is 0 Å². The summed E-state index contributed by atoms with van der Waals surface area (Å²) < 4.78 is 4.55. The van der Waals surface area contributed by atoms with E-state index in [1.54, 1.807) is 0 Å². The molecule has 2 atom stereocenters. The van der Waals surface area contributed by atoms with E-state index >= 15 is 0 Å². The molecule has 0 radical (unpaired) electrons. The van der Waals surface area contributed by atoms with Gasteiger partial charge >= 0.3 is 5.97 Å². The zero-order chi connectivity index (χ0) is 12.1. The van der Waals surface area contributed by atoms with Crippen LogP contribution in [0.5, 0.6) is 0 Å². The number of hydrogen-bond donors (Lipinski definition) is 1. The zero-order valence-corrected chi connectivity index (χ0v) is 9.93. The average Bonchev–Trinajstić information content (AvgIpc) is 2.31. The van der Waals surface area contributed by atoms with E-state index in [4.69, 9.17) is 0 Å². The number of hydrogen-bond acceptors (Lipinski definition) is 3. The highest BCUT2D eigenvalue weighted by Gasteiger charge is 2.26. The highest BCUT2D eigenvalue weighted by atomic mass is 16.5. The molecule has 1 rings (SSSR count). The van der Waals surface area contributed by atoms with Gasteiger partial charge in [-0.2, -0.15) is 0 Å². The molecule has 0 aromatic heterocycles. The molecule has 16 heavy (non-hydrogen) atoms. The molecule has 88 valence electrons. The Labute approximate surface area is 96.1 Å². The summed E-state index contributed by atoms with van der Waals surface area (Å²) in [5, 5.41) is 9.83. The van der Waals surface area contributed by atoms with Gasteiger partial charge in [0.2, 0.25) is 0 Å². The van der Waals surface area contributed by atoms with Gasteiger partial charge in [0.1, 0.15) is 0 Å². The third-order valence-corrected chi connectivity index (χ3v) is 2.77. The molecule has 0 aliphatic heterocycles. The van der Waals surface area contributed by atoms with Gasteiger partial charge in [0, 0.05) is 5.92 Å². The molecule has 0 heterocycles.